The number of hydrogen-bond acceptors (Lipinski definition) is 3. The zero-order chi connectivity index (χ0) is 15.7. The highest BCUT2D eigenvalue weighted by Gasteiger charge is 2.28. The van der Waals surface area contributed by atoms with Gasteiger partial charge in [0.1, 0.15) is 0 Å². The zero-order valence-electron chi connectivity index (χ0n) is 12.5. The van der Waals surface area contributed by atoms with Crippen LogP contribution in [0.25, 0.3) is 10.9 Å². The number of fused-ring (bicyclic) bond motifs is 1. The van der Waals surface area contributed by atoms with Crippen LogP contribution < -0.4 is 10.6 Å². The van der Waals surface area contributed by atoms with Gasteiger partial charge in [0.05, 0.1) is 17.9 Å². The lowest BCUT2D eigenvalue weighted by atomic mass is 9.91. The summed E-state index contributed by atoms with van der Waals surface area (Å²) in [6.07, 6.45) is 2.05. The number of nitrogens with zero attached hydrogens (tertiary/aromatic N) is 1. The van der Waals surface area contributed by atoms with E-state index in [2.05, 4.69) is 10.6 Å². The number of rotatable bonds is 2. The molecule has 1 heterocycles. The zero-order valence-corrected chi connectivity index (χ0v) is 12.5. The summed E-state index contributed by atoms with van der Waals surface area (Å²) < 4.78 is 2.00. The van der Waals surface area contributed by atoms with Crippen LogP contribution in [-0.4, -0.2) is 39.1 Å². The summed E-state index contributed by atoms with van der Waals surface area (Å²) in [5.41, 5.74) is 1.81. The van der Waals surface area contributed by atoms with E-state index in [-0.39, 0.29) is 12.1 Å². The van der Waals surface area contributed by atoms with Gasteiger partial charge in [-0.1, -0.05) is 6.07 Å². The molecule has 1 aromatic carbocycles. The molecule has 3 atom stereocenters. The summed E-state index contributed by atoms with van der Waals surface area (Å²) in [7, 11) is 1.96. The van der Waals surface area contributed by atoms with E-state index in [4.69, 9.17) is 0 Å². The van der Waals surface area contributed by atoms with Gasteiger partial charge < -0.3 is 25.4 Å². The fourth-order valence-electron chi connectivity index (χ4n) is 3.02. The molecule has 4 N–H and O–H groups in total. The minimum absolute atomic E-state index is 0.117. The van der Waals surface area contributed by atoms with E-state index in [1.807, 2.05) is 42.1 Å². The first-order chi connectivity index (χ1) is 10.5. The van der Waals surface area contributed by atoms with E-state index in [0.717, 1.165) is 16.6 Å². The third kappa shape index (κ3) is 2.93. The van der Waals surface area contributed by atoms with Crippen molar-refractivity contribution in [1.82, 2.24) is 9.88 Å². The fraction of sp³-hybridized carbons (Fsp3) is 0.438. The van der Waals surface area contributed by atoms with Gasteiger partial charge in [-0.15, -0.1) is 0 Å². The molecule has 2 aromatic rings. The predicted molar refractivity (Wildman–Crippen MR) is 84.7 cm³/mol. The van der Waals surface area contributed by atoms with Crippen LogP contribution in [0.4, 0.5) is 10.5 Å². The number of aryl methyl sites for hydroxylation is 1. The van der Waals surface area contributed by atoms with Gasteiger partial charge in [-0.3, -0.25) is 0 Å². The van der Waals surface area contributed by atoms with Crippen LogP contribution >= 0.6 is 0 Å². The lowest BCUT2D eigenvalue weighted by molar-refractivity contribution is -0.0166. The van der Waals surface area contributed by atoms with Gasteiger partial charge in [0.15, 0.2) is 0 Å². The predicted octanol–water partition coefficient (Wildman–Crippen LogP) is 1.57. The van der Waals surface area contributed by atoms with E-state index < -0.39 is 12.2 Å². The first-order valence-electron chi connectivity index (χ1n) is 7.52. The van der Waals surface area contributed by atoms with Crippen LogP contribution in [0.15, 0.2) is 30.5 Å². The van der Waals surface area contributed by atoms with Gasteiger partial charge in [-0.2, -0.15) is 0 Å². The molecule has 0 saturated heterocycles. The molecule has 0 aliphatic heterocycles. The topological polar surface area (TPSA) is 86.5 Å². The number of urea groups is 1. The van der Waals surface area contributed by atoms with Crippen LogP contribution in [-0.2, 0) is 7.05 Å². The molecular formula is C16H21N3O3. The Balaban J connectivity index is 1.66. The Kier molecular flexibility index (Phi) is 4.04. The van der Waals surface area contributed by atoms with E-state index in [1.165, 1.54) is 0 Å². The average Bonchev–Trinajstić information content (AvgIpc) is 2.86. The summed E-state index contributed by atoms with van der Waals surface area (Å²) in [4.78, 5) is 12.1. The molecule has 0 radical (unpaired) electrons. The molecule has 1 aliphatic carbocycles. The Morgan fingerprint density at radius 3 is 2.82 bits per heavy atom. The highest BCUT2D eigenvalue weighted by molar-refractivity contribution is 6.00. The Hall–Kier alpha value is -2.05. The number of benzene rings is 1. The van der Waals surface area contributed by atoms with Crippen molar-refractivity contribution in [3.63, 3.8) is 0 Å². The SMILES string of the molecule is Cn1ccc2c(NC(=O)NC3CC[C@@H](O)[C@@H](O)C3)cccc21. The summed E-state index contributed by atoms with van der Waals surface area (Å²) in [5, 5.41) is 25.9. The molecule has 2 amide bonds. The maximum absolute atomic E-state index is 12.1. The van der Waals surface area contributed by atoms with Gasteiger partial charge in [0.2, 0.25) is 0 Å². The summed E-state index contributed by atoms with van der Waals surface area (Å²) in [6.45, 7) is 0. The van der Waals surface area contributed by atoms with E-state index in [9.17, 15) is 15.0 Å². The molecule has 6 heteroatoms. The number of carbonyl (C=O) groups is 1. The van der Waals surface area contributed by atoms with E-state index >= 15 is 0 Å². The Labute approximate surface area is 128 Å². The molecule has 0 bridgehead atoms. The molecule has 6 nitrogen and oxygen atoms in total. The molecular weight excluding hydrogens is 282 g/mol. The molecule has 0 spiro atoms. The largest absolute Gasteiger partial charge is 0.390 e. The third-order valence-corrected chi connectivity index (χ3v) is 4.29. The van der Waals surface area contributed by atoms with Crippen LogP contribution in [0.2, 0.25) is 0 Å². The minimum atomic E-state index is -0.767. The normalized spacial score (nSPS) is 25.1. The van der Waals surface area contributed by atoms with Crippen LogP contribution in [0.5, 0.6) is 0 Å². The van der Waals surface area contributed by atoms with Gasteiger partial charge in [0.25, 0.3) is 0 Å². The molecule has 1 saturated carbocycles. The van der Waals surface area contributed by atoms with Crippen LogP contribution in [0.1, 0.15) is 19.3 Å². The minimum Gasteiger partial charge on any atom is -0.390 e. The van der Waals surface area contributed by atoms with Crippen molar-refractivity contribution in [2.75, 3.05) is 5.32 Å². The maximum atomic E-state index is 12.1. The number of aliphatic hydroxyl groups excluding tert-OH is 2. The molecule has 3 rings (SSSR count). The number of nitrogens with one attached hydrogen (secondary N) is 2. The van der Waals surface area contributed by atoms with Gasteiger partial charge in [0, 0.05) is 30.2 Å². The van der Waals surface area contributed by atoms with Crippen molar-refractivity contribution < 1.29 is 15.0 Å². The van der Waals surface area contributed by atoms with E-state index in [0.29, 0.717) is 19.3 Å². The fourth-order valence-corrected chi connectivity index (χ4v) is 3.02. The van der Waals surface area contributed by atoms with Crippen LogP contribution in [0, 0.1) is 0 Å². The van der Waals surface area contributed by atoms with Gasteiger partial charge in [-0.05, 0) is 37.5 Å². The second-order valence-corrected chi connectivity index (χ2v) is 5.91. The van der Waals surface area contributed by atoms with Crippen molar-refractivity contribution in [3.8, 4) is 0 Å². The molecule has 22 heavy (non-hydrogen) atoms. The van der Waals surface area contributed by atoms with Crippen molar-refractivity contribution in [2.24, 2.45) is 7.05 Å². The molecule has 1 aromatic heterocycles. The monoisotopic (exact) mass is 303 g/mol. The quantitative estimate of drug-likeness (QED) is 0.679. The Morgan fingerprint density at radius 2 is 2.05 bits per heavy atom. The molecule has 1 fully saturated rings. The first-order valence-corrected chi connectivity index (χ1v) is 7.52. The summed E-state index contributed by atoms with van der Waals surface area (Å²) in [5.74, 6) is 0. The summed E-state index contributed by atoms with van der Waals surface area (Å²) >= 11 is 0. The van der Waals surface area contributed by atoms with Crippen molar-refractivity contribution in [1.29, 1.82) is 0 Å². The number of carbonyl (C=O) groups excluding carboxylic acids is 1. The number of aliphatic hydroxyl groups is 2. The number of hydrogen-bond donors (Lipinski definition) is 4. The van der Waals surface area contributed by atoms with E-state index in [1.54, 1.807) is 0 Å². The number of anilines is 1. The molecule has 118 valence electrons. The lowest BCUT2D eigenvalue weighted by Gasteiger charge is -2.30. The third-order valence-electron chi connectivity index (χ3n) is 4.29. The molecule has 1 unspecified atom stereocenters. The summed E-state index contributed by atoms with van der Waals surface area (Å²) in [6, 6.07) is 7.32. The highest BCUT2D eigenvalue weighted by Crippen LogP contribution is 2.24. The second-order valence-electron chi connectivity index (χ2n) is 5.91. The second kappa shape index (κ2) is 5.98. The highest BCUT2D eigenvalue weighted by atomic mass is 16.3. The van der Waals surface area contributed by atoms with Gasteiger partial charge >= 0.3 is 6.03 Å². The Bertz CT molecular complexity index is 682. The first kappa shape index (κ1) is 14.9. The van der Waals surface area contributed by atoms with Crippen molar-refractivity contribution >= 4 is 22.6 Å². The standard InChI is InChI=1S/C16H21N3O3/c1-19-8-7-11-12(3-2-4-13(11)19)18-16(22)17-10-5-6-14(20)15(21)9-10/h2-4,7-8,10,14-15,20-21H,5-6,9H2,1H3,(H2,17,18,22)/t10?,14-,15+/m1/s1. The lowest BCUT2D eigenvalue weighted by Crippen LogP contribution is -2.46. The number of aromatic nitrogens is 1. The van der Waals surface area contributed by atoms with Gasteiger partial charge in [-0.25, -0.2) is 4.79 Å². The van der Waals surface area contributed by atoms with Crippen LogP contribution in [0.3, 0.4) is 0 Å². The number of amides is 2. The molecule has 1 aliphatic rings. The average molecular weight is 303 g/mol. The van der Waals surface area contributed by atoms with Crippen molar-refractivity contribution in [2.45, 2.75) is 37.5 Å². The smallest absolute Gasteiger partial charge is 0.319 e. The maximum Gasteiger partial charge on any atom is 0.319 e. The van der Waals surface area contributed by atoms with Crippen molar-refractivity contribution in [3.05, 3.63) is 30.5 Å². The Morgan fingerprint density at radius 1 is 1.23 bits per heavy atom.